The van der Waals surface area contributed by atoms with Crippen molar-refractivity contribution in [3.63, 3.8) is 0 Å². The van der Waals surface area contributed by atoms with Crippen LogP contribution in [0.3, 0.4) is 0 Å². The molecule has 0 saturated heterocycles. The highest BCUT2D eigenvalue weighted by Crippen LogP contribution is 2.38. The van der Waals surface area contributed by atoms with Gasteiger partial charge >= 0.3 is 5.69 Å². The fourth-order valence-electron chi connectivity index (χ4n) is 2.32. The van der Waals surface area contributed by atoms with Crippen LogP contribution in [0, 0.1) is 10.1 Å². The van der Waals surface area contributed by atoms with Gasteiger partial charge in [0.2, 0.25) is 10.9 Å². The van der Waals surface area contributed by atoms with Gasteiger partial charge in [0.25, 0.3) is 0 Å². The van der Waals surface area contributed by atoms with Gasteiger partial charge in [-0.25, -0.2) is 4.99 Å². The van der Waals surface area contributed by atoms with Crippen molar-refractivity contribution in [3.05, 3.63) is 69.4 Å². The van der Waals surface area contributed by atoms with E-state index in [9.17, 15) is 20.0 Å². The zero-order chi connectivity index (χ0) is 19.4. The number of nitrogens with zero attached hydrogens (tertiary/aromatic N) is 2. The first kappa shape index (κ1) is 19.0. The predicted octanol–water partition coefficient (Wildman–Crippen LogP) is 4.21. The highest BCUT2D eigenvalue weighted by Gasteiger charge is 2.24. The van der Waals surface area contributed by atoms with Crippen LogP contribution in [-0.2, 0) is 10.5 Å². The molecule has 2 aromatic carbocycles. The number of aromatic hydroxyl groups is 1. The highest BCUT2D eigenvalue weighted by molar-refractivity contribution is 8.45. The molecule has 9 heteroatoms. The van der Waals surface area contributed by atoms with Gasteiger partial charge in [0, 0.05) is 11.8 Å². The quantitative estimate of drug-likeness (QED) is 0.454. The van der Waals surface area contributed by atoms with Gasteiger partial charge in [0.1, 0.15) is 10.1 Å². The van der Waals surface area contributed by atoms with E-state index < -0.39 is 16.4 Å². The van der Waals surface area contributed by atoms with Gasteiger partial charge in [-0.05, 0) is 35.0 Å². The van der Waals surface area contributed by atoms with Crippen molar-refractivity contribution in [1.82, 2.24) is 0 Å². The zero-order valence-electron chi connectivity index (χ0n) is 14.1. The molecule has 0 spiro atoms. The van der Waals surface area contributed by atoms with E-state index in [0.29, 0.717) is 15.7 Å². The largest absolute Gasteiger partial charge is 0.500 e. The first-order valence-electron chi connectivity index (χ1n) is 7.72. The van der Waals surface area contributed by atoms with Gasteiger partial charge in [-0.3, -0.25) is 14.9 Å². The third kappa shape index (κ3) is 4.50. The maximum Gasteiger partial charge on any atom is 0.315 e. The third-order valence-corrected chi connectivity index (χ3v) is 5.68. The Morgan fingerprint density at radius 1 is 1.33 bits per heavy atom. The number of phenolic OH excluding ortho intramolecular Hbond substituents is 1. The number of thioether (sulfide) groups is 2. The number of benzene rings is 2. The molecule has 0 bridgehead atoms. The maximum absolute atomic E-state index is 12.2. The van der Waals surface area contributed by atoms with Crippen molar-refractivity contribution in [2.24, 2.45) is 4.99 Å². The van der Waals surface area contributed by atoms with E-state index in [2.05, 4.69) is 4.99 Å². The molecule has 3 rings (SSSR count). The van der Waals surface area contributed by atoms with Crippen LogP contribution in [0.1, 0.15) is 11.1 Å². The molecule has 2 aromatic rings. The Bertz CT molecular complexity index is 958. The molecular formula is C18H14N2O5S2. The molecule has 0 aliphatic carbocycles. The number of hydrogen-bond acceptors (Lipinski definition) is 8. The van der Waals surface area contributed by atoms with Crippen LogP contribution in [0.2, 0.25) is 0 Å². The second kappa shape index (κ2) is 8.28. The molecule has 0 amide bonds. The molecule has 1 aliphatic rings. The van der Waals surface area contributed by atoms with E-state index in [1.54, 1.807) is 0 Å². The number of nitro groups is 1. The van der Waals surface area contributed by atoms with Crippen LogP contribution in [0.15, 0.2) is 53.2 Å². The number of methoxy groups -OCH3 is 1. The van der Waals surface area contributed by atoms with Gasteiger partial charge in [-0.15, -0.1) is 0 Å². The van der Waals surface area contributed by atoms with E-state index in [1.807, 2.05) is 30.3 Å². The number of phenols is 1. The lowest BCUT2D eigenvalue weighted by Crippen LogP contribution is -1.94. The van der Waals surface area contributed by atoms with Gasteiger partial charge in [0.05, 0.1) is 12.0 Å². The molecule has 1 heterocycles. The molecule has 7 nitrogen and oxygen atoms in total. The van der Waals surface area contributed by atoms with Crippen molar-refractivity contribution >= 4 is 44.8 Å². The number of aliphatic imine (C=N–C) groups is 1. The number of ether oxygens (including phenoxy) is 1. The Hall–Kier alpha value is -2.78. The molecule has 138 valence electrons. The lowest BCUT2D eigenvalue weighted by Gasteiger charge is -2.05. The number of carbonyl (C=O) groups excluding carboxylic acids is 1. The second-order valence-electron chi connectivity index (χ2n) is 5.42. The van der Waals surface area contributed by atoms with E-state index in [4.69, 9.17) is 4.74 Å². The minimum Gasteiger partial charge on any atom is -0.500 e. The number of carbonyl (C=O) groups is 1. The van der Waals surface area contributed by atoms with E-state index in [0.717, 1.165) is 17.3 Å². The molecule has 0 unspecified atom stereocenters. The van der Waals surface area contributed by atoms with E-state index >= 15 is 0 Å². The van der Waals surface area contributed by atoms with Gasteiger partial charge in [0.15, 0.2) is 5.75 Å². The Morgan fingerprint density at radius 2 is 2.07 bits per heavy atom. The molecule has 0 fully saturated rings. The van der Waals surface area contributed by atoms with Crippen molar-refractivity contribution in [2.75, 3.05) is 7.11 Å². The molecule has 0 radical (unpaired) electrons. The fourth-order valence-corrected chi connectivity index (χ4v) is 4.12. The normalized spacial score (nSPS) is 15.1. The summed E-state index contributed by atoms with van der Waals surface area (Å²) in [6.45, 7) is 0. The zero-order valence-corrected chi connectivity index (χ0v) is 15.8. The molecule has 0 aromatic heterocycles. The van der Waals surface area contributed by atoms with Crippen LogP contribution >= 0.6 is 23.5 Å². The number of nitro benzene ring substituents is 1. The van der Waals surface area contributed by atoms with Crippen LogP contribution in [0.25, 0.3) is 6.08 Å². The second-order valence-corrected chi connectivity index (χ2v) is 7.60. The minimum atomic E-state index is -0.713. The molecule has 1 N–H and O–H groups in total. The van der Waals surface area contributed by atoms with Crippen LogP contribution in [0.5, 0.6) is 11.5 Å². The smallest absolute Gasteiger partial charge is 0.315 e. The Morgan fingerprint density at radius 3 is 2.74 bits per heavy atom. The standard InChI is InChI=1S/C18H14N2O5S2/c1-25-15-9-12(8-14(16(15)21)20(23)24)7-13-17(22)27-18(19-13)26-10-11-5-3-2-4-6-11/h2-9,21H,10H2,1H3/b13-7-. The summed E-state index contributed by atoms with van der Waals surface area (Å²) in [7, 11) is 1.29. The van der Waals surface area contributed by atoms with Crippen LogP contribution < -0.4 is 4.74 Å². The number of hydrogen-bond donors (Lipinski definition) is 1. The maximum atomic E-state index is 12.2. The molecule has 0 saturated carbocycles. The van der Waals surface area contributed by atoms with E-state index in [-0.39, 0.29) is 16.6 Å². The summed E-state index contributed by atoms with van der Waals surface area (Å²) in [6.07, 6.45) is 1.44. The molecule has 27 heavy (non-hydrogen) atoms. The lowest BCUT2D eigenvalue weighted by atomic mass is 10.1. The highest BCUT2D eigenvalue weighted by atomic mass is 32.2. The van der Waals surface area contributed by atoms with Gasteiger partial charge < -0.3 is 9.84 Å². The summed E-state index contributed by atoms with van der Waals surface area (Å²) in [5, 5.41) is 20.7. The molecule has 1 aliphatic heterocycles. The first-order chi connectivity index (χ1) is 13.0. The Kier molecular flexibility index (Phi) is 5.82. The summed E-state index contributed by atoms with van der Waals surface area (Å²) >= 11 is 2.48. The van der Waals surface area contributed by atoms with Crippen molar-refractivity contribution in [1.29, 1.82) is 0 Å². The van der Waals surface area contributed by atoms with Crippen LogP contribution in [0.4, 0.5) is 5.69 Å². The lowest BCUT2D eigenvalue weighted by molar-refractivity contribution is -0.386. The van der Waals surface area contributed by atoms with Crippen molar-refractivity contribution in [3.8, 4) is 11.5 Å². The average Bonchev–Trinajstić information content (AvgIpc) is 3.01. The number of rotatable bonds is 5. The van der Waals surface area contributed by atoms with E-state index in [1.165, 1.54) is 37.1 Å². The fraction of sp³-hybridized carbons (Fsp3) is 0.111. The summed E-state index contributed by atoms with van der Waals surface area (Å²) in [6, 6.07) is 12.4. The summed E-state index contributed by atoms with van der Waals surface area (Å²) in [4.78, 5) is 26.9. The summed E-state index contributed by atoms with van der Waals surface area (Å²) in [5.74, 6) is 0.0855. The Balaban J connectivity index is 1.84. The summed E-state index contributed by atoms with van der Waals surface area (Å²) in [5.41, 5.74) is 1.16. The average molecular weight is 402 g/mol. The van der Waals surface area contributed by atoms with Crippen molar-refractivity contribution < 1.29 is 19.6 Å². The monoisotopic (exact) mass is 402 g/mol. The first-order valence-corrected chi connectivity index (χ1v) is 9.53. The third-order valence-electron chi connectivity index (χ3n) is 3.60. The van der Waals surface area contributed by atoms with Gasteiger partial charge in [-0.1, -0.05) is 42.1 Å². The molecule has 0 atom stereocenters. The minimum absolute atomic E-state index is 0.0446. The van der Waals surface area contributed by atoms with Crippen LogP contribution in [-0.4, -0.2) is 26.6 Å². The van der Waals surface area contributed by atoms with Crippen molar-refractivity contribution in [2.45, 2.75) is 5.75 Å². The molecular weight excluding hydrogens is 388 g/mol. The SMILES string of the molecule is COc1cc(/C=C2\N=C(SCc3ccccc3)SC2=O)cc([N+](=O)[O-])c1O. The Labute approximate surface area is 163 Å². The summed E-state index contributed by atoms with van der Waals surface area (Å²) < 4.78 is 5.58. The predicted molar refractivity (Wildman–Crippen MR) is 107 cm³/mol. The topological polar surface area (TPSA) is 102 Å². The van der Waals surface area contributed by atoms with Gasteiger partial charge in [-0.2, -0.15) is 0 Å².